The number of amides is 1. The minimum absolute atomic E-state index is 0.0455. The fourth-order valence-electron chi connectivity index (χ4n) is 3.86. The number of methoxy groups -OCH3 is 1. The number of benzene rings is 2. The molecule has 0 fully saturated rings. The van der Waals surface area contributed by atoms with Crippen LogP contribution in [0, 0.1) is 18.3 Å². The van der Waals surface area contributed by atoms with E-state index in [-0.39, 0.29) is 11.9 Å². The Morgan fingerprint density at radius 3 is 2.85 bits per heavy atom. The molecular weight excluding hydrogens is 326 g/mol. The van der Waals surface area contributed by atoms with E-state index in [1.807, 2.05) is 43.1 Å². The van der Waals surface area contributed by atoms with Gasteiger partial charge in [0.25, 0.3) is 5.91 Å². The van der Waals surface area contributed by atoms with E-state index in [1.165, 1.54) is 0 Å². The van der Waals surface area contributed by atoms with Crippen LogP contribution < -0.4 is 4.74 Å². The van der Waals surface area contributed by atoms with E-state index in [2.05, 4.69) is 11.1 Å². The van der Waals surface area contributed by atoms with Crippen LogP contribution in [0.5, 0.6) is 5.75 Å². The van der Waals surface area contributed by atoms with E-state index in [4.69, 9.17) is 10.00 Å². The zero-order chi connectivity index (χ0) is 18.4. The molecule has 3 aromatic rings. The zero-order valence-corrected chi connectivity index (χ0v) is 15.0. The van der Waals surface area contributed by atoms with Gasteiger partial charge in [-0.1, -0.05) is 6.07 Å². The maximum atomic E-state index is 13.0. The fraction of sp³-hybridized carbons (Fsp3) is 0.238. The molecule has 1 aliphatic heterocycles. The predicted octanol–water partition coefficient (Wildman–Crippen LogP) is 4.07. The molecule has 0 spiro atoms. The number of aromatic nitrogens is 1. The van der Waals surface area contributed by atoms with Gasteiger partial charge in [-0.05, 0) is 49.2 Å². The van der Waals surface area contributed by atoms with Gasteiger partial charge >= 0.3 is 0 Å². The first kappa shape index (κ1) is 16.2. The van der Waals surface area contributed by atoms with Crippen LogP contribution >= 0.6 is 0 Å². The lowest BCUT2D eigenvalue weighted by molar-refractivity contribution is 0.0715. The van der Waals surface area contributed by atoms with Crippen LogP contribution in [0.2, 0.25) is 0 Å². The van der Waals surface area contributed by atoms with Crippen molar-refractivity contribution < 1.29 is 9.53 Å². The molecule has 1 N–H and O–H groups in total. The van der Waals surface area contributed by atoms with Crippen molar-refractivity contribution in [3.05, 3.63) is 64.3 Å². The third-order valence-corrected chi connectivity index (χ3v) is 5.22. The molecule has 1 aliphatic rings. The molecule has 0 aliphatic carbocycles. The number of nitrogens with zero attached hydrogens (tertiary/aromatic N) is 2. The molecule has 0 saturated carbocycles. The summed E-state index contributed by atoms with van der Waals surface area (Å²) in [6, 6.07) is 11.3. The van der Waals surface area contributed by atoms with Crippen molar-refractivity contribution in [1.82, 2.24) is 9.88 Å². The van der Waals surface area contributed by atoms with Crippen molar-refractivity contribution in [1.29, 1.82) is 5.26 Å². The van der Waals surface area contributed by atoms with Crippen LogP contribution in [0.1, 0.15) is 45.6 Å². The average Bonchev–Trinajstić information content (AvgIpc) is 3.26. The maximum Gasteiger partial charge on any atom is 0.255 e. The van der Waals surface area contributed by atoms with Crippen LogP contribution in [0.15, 0.2) is 36.5 Å². The summed E-state index contributed by atoms with van der Waals surface area (Å²) in [6.45, 7) is 4.59. The minimum Gasteiger partial charge on any atom is -0.496 e. The van der Waals surface area contributed by atoms with Crippen molar-refractivity contribution in [2.24, 2.45) is 0 Å². The van der Waals surface area contributed by atoms with Crippen LogP contribution in [0.3, 0.4) is 0 Å². The smallest absolute Gasteiger partial charge is 0.255 e. The Labute approximate surface area is 151 Å². The number of ether oxygens (including phenoxy) is 1. The van der Waals surface area contributed by atoms with Gasteiger partial charge in [0.15, 0.2) is 0 Å². The summed E-state index contributed by atoms with van der Waals surface area (Å²) in [7, 11) is 1.66. The molecular formula is C21H19N3O2. The second-order valence-electron chi connectivity index (χ2n) is 6.67. The number of carbonyl (C=O) groups is 1. The van der Waals surface area contributed by atoms with Crippen molar-refractivity contribution in [2.45, 2.75) is 26.4 Å². The summed E-state index contributed by atoms with van der Waals surface area (Å²) < 4.78 is 5.64. The normalized spacial score (nSPS) is 14.4. The Morgan fingerprint density at radius 1 is 1.31 bits per heavy atom. The van der Waals surface area contributed by atoms with E-state index < -0.39 is 0 Å². The van der Waals surface area contributed by atoms with E-state index in [0.717, 1.165) is 33.3 Å². The average molecular weight is 345 g/mol. The summed E-state index contributed by atoms with van der Waals surface area (Å²) in [5, 5.41) is 10.2. The second-order valence-corrected chi connectivity index (χ2v) is 6.67. The molecule has 26 heavy (non-hydrogen) atoms. The van der Waals surface area contributed by atoms with E-state index in [1.54, 1.807) is 19.2 Å². The molecule has 2 aromatic carbocycles. The number of hydrogen-bond donors (Lipinski definition) is 1. The molecule has 1 amide bonds. The van der Waals surface area contributed by atoms with Crippen molar-refractivity contribution in [3.8, 4) is 11.8 Å². The lowest BCUT2D eigenvalue weighted by Crippen LogP contribution is -2.27. The molecule has 130 valence electrons. The van der Waals surface area contributed by atoms with Crippen LogP contribution in [0.4, 0.5) is 0 Å². The van der Waals surface area contributed by atoms with Gasteiger partial charge < -0.3 is 14.6 Å². The molecule has 5 nitrogen and oxygen atoms in total. The number of aromatic amines is 1. The second kappa shape index (κ2) is 5.92. The molecule has 4 rings (SSSR count). The Morgan fingerprint density at radius 2 is 2.12 bits per heavy atom. The quantitative estimate of drug-likeness (QED) is 0.778. The van der Waals surface area contributed by atoms with Gasteiger partial charge in [0.1, 0.15) is 5.75 Å². The number of rotatable bonds is 3. The lowest BCUT2D eigenvalue weighted by Gasteiger charge is -2.27. The monoisotopic (exact) mass is 345 g/mol. The van der Waals surface area contributed by atoms with E-state index in [9.17, 15) is 4.79 Å². The lowest BCUT2D eigenvalue weighted by atomic mass is 9.98. The molecule has 1 aromatic heterocycles. The summed E-state index contributed by atoms with van der Waals surface area (Å²) in [5.74, 6) is 0.736. The maximum absolute atomic E-state index is 13.0. The molecule has 2 heterocycles. The highest BCUT2D eigenvalue weighted by Crippen LogP contribution is 2.40. The van der Waals surface area contributed by atoms with Crippen LogP contribution in [0.25, 0.3) is 10.9 Å². The number of carbonyl (C=O) groups excluding carboxylic acids is 1. The van der Waals surface area contributed by atoms with E-state index in [0.29, 0.717) is 17.7 Å². The van der Waals surface area contributed by atoms with Gasteiger partial charge in [-0.25, -0.2) is 0 Å². The summed E-state index contributed by atoms with van der Waals surface area (Å²) in [4.78, 5) is 18.1. The molecule has 0 bridgehead atoms. The third kappa shape index (κ3) is 2.26. The third-order valence-electron chi connectivity index (χ3n) is 5.22. The number of H-pyrrole nitrogens is 1. The largest absolute Gasteiger partial charge is 0.496 e. The summed E-state index contributed by atoms with van der Waals surface area (Å²) in [5.41, 5.74) is 5.24. The van der Waals surface area contributed by atoms with Crippen molar-refractivity contribution in [2.75, 3.05) is 7.11 Å². The highest BCUT2D eigenvalue weighted by atomic mass is 16.5. The van der Waals surface area contributed by atoms with Crippen molar-refractivity contribution in [3.63, 3.8) is 0 Å². The van der Waals surface area contributed by atoms with Gasteiger partial charge in [0.05, 0.1) is 24.8 Å². The minimum atomic E-state index is -0.158. The van der Waals surface area contributed by atoms with E-state index >= 15 is 0 Å². The fourth-order valence-corrected chi connectivity index (χ4v) is 3.86. The van der Waals surface area contributed by atoms with Gasteiger partial charge in [-0.3, -0.25) is 4.79 Å². The standard InChI is InChI=1S/C21H19N3O2/c1-12-8-18(26-3)19(16-6-7-23-20(12)16)13(2)24-11-15-5-4-14(10-22)9-17(15)21(24)25/h4-9,13,23H,11H2,1-3H3. The van der Waals surface area contributed by atoms with Crippen molar-refractivity contribution >= 4 is 16.8 Å². The number of nitriles is 1. The number of fused-ring (bicyclic) bond motifs is 2. The number of aryl methyl sites for hydroxylation is 1. The van der Waals surface area contributed by atoms with Gasteiger partial charge in [-0.2, -0.15) is 5.26 Å². The summed E-state index contributed by atoms with van der Waals surface area (Å²) >= 11 is 0. The Kier molecular flexibility index (Phi) is 3.69. The Balaban J connectivity index is 1.80. The Hall–Kier alpha value is -3.26. The highest BCUT2D eigenvalue weighted by Gasteiger charge is 2.33. The first-order valence-electron chi connectivity index (χ1n) is 8.53. The van der Waals surface area contributed by atoms with Gasteiger partial charge in [-0.15, -0.1) is 0 Å². The highest BCUT2D eigenvalue weighted by molar-refractivity contribution is 5.99. The van der Waals surface area contributed by atoms with Gasteiger partial charge in [0.2, 0.25) is 0 Å². The molecule has 1 atom stereocenters. The number of hydrogen-bond acceptors (Lipinski definition) is 3. The number of nitrogens with one attached hydrogen (secondary N) is 1. The first-order valence-corrected chi connectivity index (χ1v) is 8.53. The summed E-state index contributed by atoms with van der Waals surface area (Å²) in [6.07, 6.45) is 1.91. The van der Waals surface area contributed by atoms with Crippen LogP contribution in [-0.4, -0.2) is 22.9 Å². The SMILES string of the molecule is COc1cc(C)c2[nH]ccc2c1C(C)N1Cc2ccc(C#N)cc2C1=O. The predicted molar refractivity (Wildman–Crippen MR) is 99.0 cm³/mol. The van der Waals surface area contributed by atoms with Gasteiger partial charge in [0, 0.05) is 34.8 Å². The first-order chi connectivity index (χ1) is 12.5. The molecule has 5 heteroatoms. The molecule has 1 unspecified atom stereocenters. The van der Waals surface area contributed by atoms with Crippen LogP contribution in [-0.2, 0) is 6.54 Å². The molecule has 0 radical (unpaired) electrons. The Bertz CT molecular complexity index is 1070. The molecule has 0 saturated heterocycles. The topological polar surface area (TPSA) is 69.1 Å². The zero-order valence-electron chi connectivity index (χ0n) is 15.0.